The average Bonchev–Trinajstić information content (AvgIpc) is 2.70. The smallest absolute Gasteiger partial charge is 0.247 e. The third kappa shape index (κ3) is 4.61. The fourth-order valence-corrected chi connectivity index (χ4v) is 5.34. The number of aliphatic hydroxyl groups excluding tert-OH is 1. The van der Waals surface area contributed by atoms with Crippen LogP contribution in [-0.2, 0) is 10.0 Å². The Hall–Kier alpha value is -2.00. The van der Waals surface area contributed by atoms with Crippen molar-refractivity contribution in [2.75, 3.05) is 33.8 Å². The van der Waals surface area contributed by atoms with Gasteiger partial charge in [-0.25, -0.2) is 8.42 Å². The van der Waals surface area contributed by atoms with Crippen LogP contribution < -0.4 is 4.74 Å². The van der Waals surface area contributed by atoms with Crippen LogP contribution in [0.2, 0.25) is 0 Å². The number of hydrogen-bond acceptors (Lipinski definition) is 6. The van der Waals surface area contributed by atoms with E-state index in [2.05, 4.69) is 4.98 Å². The monoisotopic (exact) mass is 419 g/mol. The van der Waals surface area contributed by atoms with Crippen molar-refractivity contribution >= 4 is 10.0 Å². The fraction of sp³-hybridized carbons (Fsp3) is 0.476. The largest absolute Gasteiger partial charge is 0.487 e. The van der Waals surface area contributed by atoms with Crippen LogP contribution in [0.4, 0.5) is 0 Å². The van der Waals surface area contributed by atoms with E-state index in [-0.39, 0.29) is 30.1 Å². The van der Waals surface area contributed by atoms with Gasteiger partial charge in [0, 0.05) is 43.0 Å². The number of hydrogen-bond donors (Lipinski definition) is 1. The van der Waals surface area contributed by atoms with Crippen LogP contribution in [0.5, 0.6) is 5.75 Å². The number of nitrogens with zero attached hydrogens (tertiary/aromatic N) is 3. The minimum absolute atomic E-state index is 0.0589. The van der Waals surface area contributed by atoms with Gasteiger partial charge in [0.25, 0.3) is 0 Å². The van der Waals surface area contributed by atoms with Crippen molar-refractivity contribution in [1.82, 2.24) is 14.2 Å². The lowest BCUT2D eigenvalue weighted by atomic mass is 10.0. The van der Waals surface area contributed by atoms with Gasteiger partial charge in [-0.2, -0.15) is 4.31 Å². The summed E-state index contributed by atoms with van der Waals surface area (Å²) in [5, 5.41) is 9.67. The lowest BCUT2D eigenvalue weighted by Gasteiger charge is -2.37. The molecule has 0 unspecified atom stereocenters. The topological polar surface area (TPSA) is 83.0 Å². The summed E-state index contributed by atoms with van der Waals surface area (Å²) in [7, 11) is 0.111. The molecule has 7 nitrogen and oxygen atoms in total. The summed E-state index contributed by atoms with van der Waals surface area (Å²) in [4.78, 5) is 6.30. The second kappa shape index (κ2) is 8.79. The third-order valence-corrected chi connectivity index (χ3v) is 7.23. The molecule has 0 fully saturated rings. The van der Waals surface area contributed by atoms with Gasteiger partial charge in [-0.15, -0.1) is 0 Å². The highest BCUT2D eigenvalue weighted by Crippen LogP contribution is 2.36. The van der Waals surface area contributed by atoms with E-state index in [0.717, 1.165) is 11.1 Å². The molecule has 2 aromatic rings. The summed E-state index contributed by atoms with van der Waals surface area (Å²) in [5.41, 5.74) is 1.72. The zero-order valence-corrected chi connectivity index (χ0v) is 18.1. The standard InChI is InChI=1S/C21H29N3O4S/c1-15-12-24(16(2)14-25)29(26,27)21-8-7-17(18-6-5-9-22-11-18)10-19(21)28-20(15)13-23(3)4/h5-11,15-16,20,25H,12-14H2,1-4H3/t15-,16-,20-/m1/s1. The molecule has 1 aromatic carbocycles. The minimum Gasteiger partial charge on any atom is -0.487 e. The Morgan fingerprint density at radius 1 is 1.31 bits per heavy atom. The van der Waals surface area contributed by atoms with Gasteiger partial charge in [-0.05, 0) is 44.8 Å². The van der Waals surface area contributed by atoms with Gasteiger partial charge in [0.05, 0.1) is 6.61 Å². The maximum absolute atomic E-state index is 13.4. The summed E-state index contributed by atoms with van der Waals surface area (Å²) < 4.78 is 34.5. The van der Waals surface area contributed by atoms with E-state index in [4.69, 9.17) is 4.74 Å². The van der Waals surface area contributed by atoms with Crippen molar-refractivity contribution in [3.05, 3.63) is 42.7 Å². The molecular weight excluding hydrogens is 390 g/mol. The van der Waals surface area contributed by atoms with Crippen LogP contribution in [0.25, 0.3) is 11.1 Å². The highest BCUT2D eigenvalue weighted by molar-refractivity contribution is 7.89. The van der Waals surface area contributed by atoms with Crippen molar-refractivity contribution < 1.29 is 18.3 Å². The Bertz CT molecular complexity index is 934. The van der Waals surface area contributed by atoms with Crippen molar-refractivity contribution in [3.63, 3.8) is 0 Å². The maximum Gasteiger partial charge on any atom is 0.247 e. The van der Waals surface area contributed by atoms with Crippen molar-refractivity contribution in [2.24, 2.45) is 5.92 Å². The van der Waals surface area contributed by atoms with E-state index in [1.807, 2.05) is 38.1 Å². The van der Waals surface area contributed by atoms with Gasteiger partial charge in [-0.1, -0.05) is 19.1 Å². The molecule has 158 valence electrons. The molecule has 1 aromatic heterocycles. The molecule has 0 spiro atoms. The lowest BCUT2D eigenvalue weighted by molar-refractivity contribution is 0.0813. The van der Waals surface area contributed by atoms with Crippen LogP contribution in [0.1, 0.15) is 13.8 Å². The molecule has 0 bridgehead atoms. The molecule has 1 aliphatic rings. The third-order valence-electron chi connectivity index (χ3n) is 5.21. The summed E-state index contributed by atoms with van der Waals surface area (Å²) in [6.07, 6.45) is 3.23. The molecule has 1 N–H and O–H groups in total. The first-order chi connectivity index (χ1) is 13.7. The number of fused-ring (bicyclic) bond motifs is 1. The molecule has 8 heteroatoms. The van der Waals surface area contributed by atoms with Gasteiger partial charge in [0.1, 0.15) is 16.7 Å². The molecule has 0 saturated carbocycles. The van der Waals surface area contributed by atoms with Crippen LogP contribution in [-0.4, -0.2) is 73.7 Å². The molecule has 29 heavy (non-hydrogen) atoms. The summed E-state index contributed by atoms with van der Waals surface area (Å²) >= 11 is 0. The van der Waals surface area contributed by atoms with Crippen molar-refractivity contribution in [2.45, 2.75) is 30.9 Å². The number of rotatable bonds is 5. The van der Waals surface area contributed by atoms with E-state index in [1.54, 1.807) is 37.5 Å². The van der Waals surface area contributed by atoms with E-state index >= 15 is 0 Å². The quantitative estimate of drug-likeness (QED) is 0.799. The first-order valence-corrected chi connectivity index (χ1v) is 11.2. The van der Waals surface area contributed by atoms with Crippen LogP contribution in [0.3, 0.4) is 0 Å². The molecule has 3 atom stereocenters. The highest BCUT2D eigenvalue weighted by atomic mass is 32.2. The van der Waals surface area contributed by atoms with E-state index in [1.165, 1.54) is 4.31 Å². The Morgan fingerprint density at radius 2 is 2.07 bits per heavy atom. The van der Waals surface area contributed by atoms with Gasteiger partial charge in [0.2, 0.25) is 10.0 Å². The number of benzene rings is 1. The van der Waals surface area contributed by atoms with Gasteiger partial charge >= 0.3 is 0 Å². The zero-order chi connectivity index (χ0) is 21.2. The number of pyridine rings is 1. The maximum atomic E-state index is 13.4. The first-order valence-electron chi connectivity index (χ1n) is 9.72. The Morgan fingerprint density at radius 3 is 2.69 bits per heavy atom. The van der Waals surface area contributed by atoms with Crippen LogP contribution in [0.15, 0.2) is 47.6 Å². The molecule has 3 rings (SSSR count). The van der Waals surface area contributed by atoms with Crippen LogP contribution in [0, 0.1) is 5.92 Å². The Kier molecular flexibility index (Phi) is 6.58. The summed E-state index contributed by atoms with van der Waals surface area (Å²) in [6.45, 7) is 4.40. The normalized spacial score (nSPS) is 23.0. The van der Waals surface area contributed by atoms with Crippen molar-refractivity contribution in [3.8, 4) is 16.9 Å². The van der Waals surface area contributed by atoms with E-state index in [9.17, 15) is 13.5 Å². The number of aromatic nitrogens is 1. The lowest BCUT2D eigenvalue weighted by Crippen LogP contribution is -2.49. The second-order valence-corrected chi connectivity index (χ2v) is 9.76. The zero-order valence-electron chi connectivity index (χ0n) is 17.3. The number of aliphatic hydroxyl groups is 1. The van der Waals surface area contributed by atoms with Gasteiger partial charge in [0.15, 0.2) is 0 Å². The van der Waals surface area contributed by atoms with E-state index in [0.29, 0.717) is 12.3 Å². The molecule has 1 aliphatic heterocycles. The van der Waals surface area contributed by atoms with Gasteiger partial charge < -0.3 is 14.7 Å². The fourth-order valence-electron chi connectivity index (χ4n) is 3.52. The summed E-state index contributed by atoms with van der Waals surface area (Å²) in [5.74, 6) is 0.274. The van der Waals surface area contributed by atoms with Gasteiger partial charge in [-0.3, -0.25) is 4.98 Å². The number of sulfonamides is 1. The molecule has 0 saturated heterocycles. The molecule has 2 heterocycles. The molecule has 0 radical (unpaired) electrons. The Balaban J connectivity index is 2.14. The predicted octanol–water partition coefficient (Wildman–Crippen LogP) is 2.08. The van der Waals surface area contributed by atoms with E-state index < -0.39 is 16.1 Å². The second-order valence-electron chi connectivity index (χ2n) is 7.91. The predicted molar refractivity (Wildman–Crippen MR) is 112 cm³/mol. The minimum atomic E-state index is -3.82. The number of ether oxygens (including phenoxy) is 1. The first kappa shape index (κ1) is 21.7. The Labute approximate surface area is 173 Å². The SMILES string of the molecule is C[C@@H]1CN([C@H](C)CO)S(=O)(=O)c2ccc(-c3cccnc3)cc2O[C@@H]1CN(C)C. The molecule has 0 amide bonds. The van der Waals surface area contributed by atoms with Crippen LogP contribution >= 0.6 is 0 Å². The molecular formula is C21H29N3O4S. The summed E-state index contributed by atoms with van der Waals surface area (Å²) in [6, 6.07) is 8.37. The highest BCUT2D eigenvalue weighted by Gasteiger charge is 2.37. The van der Waals surface area contributed by atoms with Crippen molar-refractivity contribution in [1.29, 1.82) is 0 Å². The number of likely N-dealkylation sites (N-methyl/N-ethyl adjacent to an activating group) is 1. The average molecular weight is 420 g/mol. The molecule has 0 aliphatic carbocycles.